The van der Waals surface area contributed by atoms with E-state index < -0.39 is 35.5 Å². The average Bonchev–Trinajstić information content (AvgIpc) is 3.04. The minimum atomic E-state index is -0.896. The second kappa shape index (κ2) is 17.3. The molecule has 242 valence electrons. The lowest BCUT2D eigenvalue weighted by Gasteiger charge is -2.30. The number of ether oxygens (including phenoxy) is 3. The number of amides is 2. The molecule has 0 spiro atoms. The van der Waals surface area contributed by atoms with Crippen molar-refractivity contribution >= 4 is 23.4 Å². The maximum Gasteiger partial charge on any atom is 0.407 e. The first-order chi connectivity index (χ1) is 21.8. The topological polar surface area (TPSA) is 123 Å². The smallest absolute Gasteiger partial charge is 0.407 e. The number of morpholine rings is 1. The molecule has 0 unspecified atom stereocenters. The van der Waals surface area contributed by atoms with Crippen molar-refractivity contribution in [1.29, 1.82) is 0 Å². The highest BCUT2D eigenvalue weighted by Crippen LogP contribution is 2.23. The molecular formula is C32H38F3N5O5. The molecule has 0 saturated carbocycles. The Morgan fingerprint density at radius 1 is 1.07 bits per heavy atom. The van der Waals surface area contributed by atoms with Gasteiger partial charge in [0.15, 0.2) is 0 Å². The lowest BCUT2D eigenvalue weighted by molar-refractivity contribution is -0.116. The summed E-state index contributed by atoms with van der Waals surface area (Å²) in [6.07, 6.45) is 2.73. The van der Waals surface area contributed by atoms with Gasteiger partial charge in [0, 0.05) is 37.4 Å². The molecule has 2 amide bonds. The van der Waals surface area contributed by atoms with Gasteiger partial charge in [-0.05, 0) is 61.7 Å². The van der Waals surface area contributed by atoms with Gasteiger partial charge in [-0.25, -0.2) is 18.0 Å². The summed E-state index contributed by atoms with van der Waals surface area (Å²) in [4.78, 5) is 29.2. The first-order valence-electron chi connectivity index (χ1n) is 14.8. The summed E-state index contributed by atoms with van der Waals surface area (Å²) < 4.78 is 58.3. The molecule has 45 heavy (non-hydrogen) atoms. The number of rotatable bonds is 15. The predicted molar refractivity (Wildman–Crippen MR) is 162 cm³/mol. The summed E-state index contributed by atoms with van der Waals surface area (Å²) in [6.45, 7) is 4.13. The number of hydrogen-bond acceptors (Lipinski definition) is 8. The van der Waals surface area contributed by atoms with Gasteiger partial charge in [-0.1, -0.05) is 12.1 Å². The zero-order chi connectivity index (χ0) is 32.0. The first-order valence-corrected chi connectivity index (χ1v) is 14.8. The molecule has 1 saturated heterocycles. The molecule has 2 aromatic carbocycles. The number of hydrogen-bond donors (Lipinski definition) is 4. The minimum absolute atomic E-state index is 0.135. The average molecular weight is 630 g/mol. The highest BCUT2D eigenvalue weighted by atomic mass is 19.1. The quantitative estimate of drug-likeness (QED) is 0.185. The van der Waals surface area contributed by atoms with Crippen molar-refractivity contribution in [3.8, 4) is 0 Å². The van der Waals surface area contributed by atoms with E-state index in [1.807, 2.05) is 6.92 Å². The number of anilines is 2. The monoisotopic (exact) mass is 629 g/mol. The van der Waals surface area contributed by atoms with Crippen LogP contribution in [0.5, 0.6) is 0 Å². The van der Waals surface area contributed by atoms with E-state index in [2.05, 4.69) is 26.3 Å². The van der Waals surface area contributed by atoms with Crippen molar-refractivity contribution in [3.63, 3.8) is 0 Å². The van der Waals surface area contributed by atoms with Crippen LogP contribution in [0.15, 0.2) is 60.9 Å². The Bertz CT molecular complexity index is 1370. The Kier molecular flexibility index (Phi) is 13.0. The molecule has 13 heteroatoms. The summed E-state index contributed by atoms with van der Waals surface area (Å²) in [7, 11) is 0. The second-order valence-electron chi connectivity index (χ2n) is 10.5. The molecule has 0 aliphatic carbocycles. The Morgan fingerprint density at radius 3 is 2.49 bits per heavy atom. The zero-order valence-electron chi connectivity index (χ0n) is 25.0. The van der Waals surface area contributed by atoms with Crippen molar-refractivity contribution in [2.24, 2.45) is 0 Å². The molecule has 4 N–H and O–H groups in total. The molecule has 0 bridgehead atoms. The summed E-state index contributed by atoms with van der Waals surface area (Å²) in [5, 5.41) is 11.8. The van der Waals surface area contributed by atoms with Crippen LogP contribution in [-0.4, -0.2) is 74.7 Å². The van der Waals surface area contributed by atoms with Crippen molar-refractivity contribution in [2.45, 2.75) is 44.4 Å². The van der Waals surface area contributed by atoms with Crippen molar-refractivity contribution in [3.05, 3.63) is 89.5 Å². The molecule has 1 aliphatic heterocycles. The maximum atomic E-state index is 15.1. The fourth-order valence-electron chi connectivity index (χ4n) is 4.72. The molecular weight excluding hydrogens is 591 g/mol. The van der Waals surface area contributed by atoms with E-state index in [9.17, 15) is 18.4 Å². The summed E-state index contributed by atoms with van der Waals surface area (Å²) in [5.74, 6) is -1.84. The number of nitrogens with zero attached hydrogens (tertiary/aromatic N) is 1. The Hall–Kier alpha value is -4.20. The standard InChI is InChI=1S/C32H38F3N5O5/c1-2-43-14-13-37-32(42)45-20-25-19-44-26(16-38-25)11-12-27-28(35)17-36-18-30(27)40-29(15-21-3-5-22(33)6-4-21)31(41)39-24-9-7-23(34)8-10-24/h3-10,17-18,25-26,29,38,40H,2,11-16,19-20H2,1H3,(H,37,42)(H,39,41)/t25-,26+,29-/m0/s1. The van der Waals surface area contributed by atoms with Crippen LogP contribution in [0.3, 0.4) is 0 Å². The van der Waals surface area contributed by atoms with E-state index in [0.29, 0.717) is 61.8 Å². The fourth-order valence-corrected chi connectivity index (χ4v) is 4.72. The lowest BCUT2D eigenvalue weighted by atomic mass is 10.0. The number of pyridine rings is 1. The van der Waals surface area contributed by atoms with Crippen LogP contribution >= 0.6 is 0 Å². The van der Waals surface area contributed by atoms with Gasteiger partial charge >= 0.3 is 6.09 Å². The fraction of sp³-hybridized carbons (Fsp3) is 0.406. The van der Waals surface area contributed by atoms with Gasteiger partial charge in [0.05, 0.1) is 43.4 Å². The second-order valence-corrected chi connectivity index (χ2v) is 10.5. The summed E-state index contributed by atoms with van der Waals surface area (Å²) in [5.41, 5.74) is 1.73. The number of alkyl carbamates (subject to hydrolysis) is 1. The highest BCUT2D eigenvalue weighted by molar-refractivity contribution is 5.96. The zero-order valence-corrected chi connectivity index (χ0v) is 25.0. The third-order valence-corrected chi connectivity index (χ3v) is 7.14. The Morgan fingerprint density at radius 2 is 1.80 bits per heavy atom. The minimum Gasteiger partial charge on any atom is -0.448 e. The van der Waals surface area contributed by atoms with Crippen LogP contribution in [0.1, 0.15) is 24.5 Å². The summed E-state index contributed by atoms with van der Waals surface area (Å²) in [6, 6.07) is 9.99. The molecule has 1 fully saturated rings. The molecule has 2 heterocycles. The van der Waals surface area contributed by atoms with Gasteiger partial charge in [0.2, 0.25) is 5.91 Å². The highest BCUT2D eigenvalue weighted by Gasteiger charge is 2.25. The number of benzene rings is 2. The van der Waals surface area contributed by atoms with E-state index in [1.165, 1.54) is 42.6 Å². The van der Waals surface area contributed by atoms with Crippen LogP contribution < -0.4 is 21.3 Å². The lowest BCUT2D eigenvalue weighted by Crippen LogP contribution is -2.49. The Balaban J connectivity index is 1.34. The van der Waals surface area contributed by atoms with Crippen molar-refractivity contribution < 1.29 is 37.0 Å². The van der Waals surface area contributed by atoms with E-state index in [4.69, 9.17) is 14.2 Å². The third kappa shape index (κ3) is 11.0. The number of carbonyl (C=O) groups excluding carboxylic acids is 2. The molecule has 1 aliphatic rings. The number of carbonyl (C=O) groups is 2. The van der Waals surface area contributed by atoms with Crippen LogP contribution in [0.4, 0.5) is 29.3 Å². The first kappa shape index (κ1) is 33.7. The van der Waals surface area contributed by atoms with E-state index in [1.54, 1.807) is 12.1 Å². The molecule has 10 nitrogen and oxygen atoms in total. The summed E-state index contributed by atoms with van der Waals surface area (Å²) >= 11 is 0. The van der Waals surface area contributed by atoms with Gasteiger partial charge in [0.1, 0.15) is 30.1 Å². The van der Waals surface area contributed by atoms with Gasteiger partial charge in [-0.15, -0.1) is 0 Å². The van der Waals surface area contributed by atoms with Crippen LogP contribution in [-0.2, 0) is 31.8 Å². The van der Waals surface area contributed by atoms with E-state index in [-0.39, 0.29) is 31.6 Å². The van der Waals surface area contributed by atoms with Crippen molar-refractivity contribution in [1.82, 2.24) is 15.6 Å². The van der Waals surface area contributed by atoms with Crippen LogP contribution in [0, 0.1) is 17.5 Å². The number of nitrogens with one attached hydrogen (secondary N) is 4. The SMILES string of the molecule is CCOCCNC(=O)OC[C@@H]1CO[C@H](CCc2c(F)cncc2N[C@@H](Cc2ccc(F)cc2)C(=O)Nc2ccc(F)cc2)CN1. The van der Waals surface area contributed by atoms with Gasteiger partial charge in [-0.3, -0.25) is 9.78 Å². The normalized spacial score (nSPS) is 16.9. The molecule has 3 aromatic rings. The maximum absolute atomic E-state index is 15.1. The molecule has 1 aromatic heterocycles. The number of halogens is 3. The van der Waals surface area contributed by atoms with Gasteiger partial charge in [-0.2, -0.15) is 0 Å². The molecule has 3 atom stereocenters. The van der Waals surface area contributed by atoms with Crippen molar-refractivity contribution in [2.75, 3.05) is 50.2 Å². The number of aromatic nitrogens is 1. The van der Waals surface area contributed by atoms with Crippen LogP contribution in [0.2, 0.25) is 0 Å². The molecule has 0 radical (unpaired) electrons. The Labute approximate surface area is 260 Å². The third-order valence-electron chi connectivity index (χ3n) is 7.14. The van der Waals surface area contributed by atoms with E-state index in [0.717, 1.165) is 6.20 Å². The van der Waals surface area contributed by atoms with Crippen LogP contribution in [0.25, 0.3) is 0 Å². The van der Waals surface area contributed by atoms with Gasteiger partial charge in [0.25, 0.3) is 0 Å². The molecule has 4 rings (SSSR count). The van der Waals surface area contributed by atoms with E-state index >= 15 is 4.39 Å². The van der Waals surface area contributed by atoms with Gasteiger partial charge < -0.3 is 35.5 Å². The largest absolute Gasteiger partial charge is 0.448 e. The predicted octanol–water partition coefficient (Wildman–Crippen LogP) is 4.21.